The Labute approximate surface area is 338 Å². The maximum Gasteiger partial charge on any atom is 0.435 e. The monoisotopic (exact) mass is 853 g/mol. The van der Waals surface area contributed by atoms with Gasteiger partial charge < -0.3 is 20.9 Å². The Morgan fingerprint density at radius 1 is 0.933 bits per heavy atom. The quantitative estimate of drug-likeness (QED) is 0.139. The van der Waals surface area contributed by atoms with Gasteiger partial charge in [-0.3, -0.25) is 19.3 Å². The van der Waals surface area contributed by atoms with Crippen molar-refractivity contribution in [3.63, 3.8) is 0 Å². The first-order chi connectivity index (χ1) is 28.5. The van der Waals surface area contributed by atoms with Crippen LogP contribution in [0.25, 0.3) is 21.5 Å². The lowest BCUT2D eigenvalue weighted by atomic mass is 9.94. The van der Waals surface area contributed by atoms with Crippen molar-refractivity contribution in [3.05, 3.63) is 118 Å². The largest absolute Gasteiger partial charge is 0.435 e. The predicted octanol–water partition coefficient (Wildman–Crippen LogP) is 7.12. The molecule has 1 unspecified atom stereocenters. The van der Waals surface area contributed by atoms with Gasteiger partial charge in [0.05, 0.1) is 22.0 Å². The number of piperazine rings is 1. The highest BCUT2D eigenvalue weighted by Crippen LogP contribution is 2.68. The normalized spacial score (nSPS) is 18.7. The molecule has 2 fully saturated rings. The number of nitrogens with two attached hydrogens (primary N) is 1. The second-order valence-electron chi connectivity index (χ2n) is 14.9. The average molecular weight is 854 g/mol. The lowest BCUT2D eigenvalue weighted by Crippen LogP contribution is -2.46. The number of rotatable bonds is 10. The van der Waals surface area contributed by atoms with Crippen molar-refractivity contribution in [2.75, 3.05) is 36.0 Å². The molecule has 2 aliphatic carbocycles. The van der Waals surface area contributed by atoms with Gasteiger partial charge in [0.15, 0.2) is 16.5 Å². The van der Waals surface area contributed by atoms with Crippen LogP contribution in [0.2, 0.25) is 0 Å². The number of nitrogens with zero attached hydrogens (tertiary/aromatic N) is 7. The summed E-state index contributed by atoms with van der Waals surface area (Å²) in [6.07, 6.45) is -2.19. The number of amides is 2. The van der Waals surface area contributed by atoms with Crippen LogP contribution in [0.1, 0.15) is 56.9 Å². The molecule has 3 atom stereocenters. The molecule has 2 aromatic carbocycles. The van der Waals surface area contributed by atoms with Crippen LogP contribution in [0.5, 0.6) is 0 Å². The Kier molecular flexibility index (Phi) is 9.51. The number of primary amides is 1. The number of halogens is 8. The van der Waals surface area contributed by atoms with E-state index in [1.165, 1.54) is 23.5 Å². The minimum absolute atomic E-state index is 0.00449. The highest BCUT2D eigenvalue weighted by Gasteiger charge is 2.68. The van der Waals surface area contributed by atoms with Crippen molar-refractivity contribution in [1.82, 2.24) is 30.0 Å². The van der Waals surface area contributed by atoms with Gasteiger partial charge in [-0.25, -0.2) is 18.2 Å². The Balaban J connectivity index is 1.12. The zero-order valence-corrected chi connectivity index (χ0v) is 31.8. The van der Waals surface area contributed by atoms with Crippen molar-refractivity contribution in [3.8, 4) is 11.1 Å². The van der Waals surface area contributed by atoms with Crippen LogP contribution in [0, 0.1) is 23.4 Å². The van der Waals surface area contributed by atoms with Gasteiger partial charge in [0.1, 0.15) is 29.7 Å². The molecule has 4 aromatic heterocycles. The molecule has 5 heterocycles. The third-order valence-corrected chi connectivity index (χ3v) is 12.1. The van der Waals surface area contributed by atoms with Crippen molar-refractivity contribution in [1.29, 1.82) is 0 Å². The number of pyridine rings is 2. The topological polar surface area (TPSA) is 135 Å². The first-order valence-corrected chi connectivity index (χ1v) is 19.5. The van der Waals surface area contributed by atoms with E-state index in [0.29, 0.717) is 46.8 Å². The molecular formula is C40H31F8N9O2S. The van der Waals surface area contributed by atoms with Crippen LogP contribution in [0.3, 0.4) is 0 Å². The number of aromatic nitrogens is 5. The van der Waals surface area contributed by atoms with Gasteiger partial charge in [-0.15, -0.1) is 0 Å². The summed E-state index contributed by atoms with van der Waals surface area (Å²) < 4.78 is 118. The molecule has 310 valence electrons. The van der Waals surface area contributed by atoms with Gasteiger partial charge in [-0.1, -0.05) is 17.4 Å². The van der Waals surface area contributed by atoms with E-state index in [0.717, 1.165) is 23.9 Å². The number of fused-ring (bicyclic) bond motifs is 4. The summed E-state index contributed by atoms with van der Waals surface area (Å²) in [7, 11) is 0. The third kappa shape index (κ3) is 7.15. The van der Waals surface area contributed by atoms with E-state index < -0.39 is 88.3 Å². The number of hydrogen-bond donors (Lipinski definition) is 2. The molecule has 3 N–H and O–H groups in total. The summed E-state index contributed by atoms with van der Waals surface area (Å²) in [6, 6.07) is 10.2. The molecular weight excluding hydrogens is 823 g/mol. The molecule has 20 heteroatoms. The molecule has 3 aliphatic rings. The first-order valence-electron chi connectivity index (χ1n) is 18.7. The number of anilines is 2. The highest BCUT2D eigenvalue weighted by atomic mass is 32.1. The molecule has 11 nitrogen and oxygen atoms in total. The summed E-state index contributed by atoms with van der Waals surface area (Å²) in [5, 5.41) is 6.67. The number of carbonyl (C=O) groups is 2. The smallest absolute Gasteiger partial charge is 0.368 e. The molecule has 0 bridgehead atoms. The number of carbonyl (C=O) groups excluding carboxylic acids is 2. The molecule has 2 amide bonds. The highest BCUT2D eigenvalue weighted by molar-refractivity contribution is 7.22. The van der Waals surface area contributed by atoms with Crippen molar-refractivity contribution in [2.24, 2.45) is 11.7 Å². The minimum atomic E-state index is -5.07. The number of nitrogens with one attached hydrogen (secondary N) is 1. The Morgan fingerprint density at radius 3 is 2.32 bits per heavy atom. The van der Waals surface area contributed by atoms with Gasteiger partial charge in [-0.05, 0) is 72.4 Å². The number of alkyl halides is 5. The predicted molar refractivity (Wildman–Crippen MR) is 203 cm³/mol. The second-order valence-corrected chi connectivity index (χ2v) is 15.9. The number of hydrogen-bond acceptors (Lipinski definition) is 9. The molecule has 9 rings (SSSR count). The lowest BCUT2D eigenvalue weighted by molar-refractivity contribution is -0.142. The Hall–Kier alpha value is -6.18. The zero-order chi connectivity index (χ0) is 42.2. The number of benzene rings is 2. The van der Waals surface area contributed by atoms with Gasteiger partial charge in [0.25, 0.3) is 11.8 Å². The molecule has 1 aliphatic heterocycles. The zero-order valence-electron chi connectivity index (χ0n) is 31.0. The fourth-order valence-corrected chi connectivity index (χ4v) is 9.24. The van der Waals surface area contributed by atoms with Crippen molar-refractivity contribution >= 4 is 44.3 Å². The van der Waals surface area contributed by atoms with Crippen LogP contribution in [-0.4, -0.2) is 62.7 Å². The summed E-state index contributed by atoms with van der Waals surface area (Å²) in [5.74, 6) is -11.1. The number of thiazole rings is 1. The van der Waals surface area contributed by atoms with E-state index in [9.17, 15) is 35.9 Å². The van der Waals surface area contributed by atoms with E-state index in [1.54, 1.807) is 18.5 Å². The standard InChI is InChI=1S/C40H31F8N9O2S/c41-21-11-19(12-22(42)15-21)13-29(51-31(58)18-57-35-32(34(54-57)40(46,47)48)25-16-27(25)39(35,44)45)33-24(20-1-2-28(43)26(14-20)36(49)59)17-30-37(52-33)53-38(60-30)56-9-7-55(8-10-56)23-3-5-50-6-4-23/h1-6,11-12,14-15,17,25,27,29H,7-10,13,16,18H2,(H2,49,59)(H,51,58)/t25-,27?,29-/m0/s1. The summed E-state index contributed by atoms with van der Waals surface area (Å²) in [6.45, 7) is 1.40. The lowest BCUT2D eigenvalue weighted by Gasteiger charge is -2.35. The maximum atomic E-state index is 15.4. The molecule has 0 radical (unpaired) electrons. The third-order valence-electron chi connectivity index (χ3n) is 11.0. The summed E-state index contributed by atoms with van der Waals surface area (Å²) in [4.78, 5) is 44.1. The van der Waals surface area contributed by atoms with Gasteiger partial charge in [0.2, 0.25) is 5.91 Å². The second kappa shape index (κ2) is 14.5. The molecule has 1 saturated heterocycles. The van der Waals surface area contributed by atoms with Gasteiger partial charge in [-0.2, -0.15) is 32.0 Å². The van der Waals surface area contributed by atoms with Crippen LogP contribution >= 0.6 is 11.3 Å². The molecule has 6 aromatic rings. The fraction of sp³-hybridized carbons (Fsp3) is 0.300. The Bertz CT molecular complexity index is 2660. The van der Waals surface area contributed by atoms with E-state index >= 15 is 8.78 Å². The maximum absolute atomic E-state index is 15.4. The van der Waals surface area contributed by atoms with Crippen LogP contribution in [0.4, 0.5) is 45.9 Å². The van der Waals surface area contributed by atoms with E-state index in [1.807, 2.05) is 12.1 Å². The van der Waals surface area contributed by atoms with Crippen LogP contribution < -0.4 is 20.9 Å². The van der Waals surface area contributed by atoms with Gasteiger partial charge >= 0.3 is 6.18 Å². The molecule has 0 spiro atoms. The van der Waals surface area contributed by atoms with E-state index in [-0.39, 0.29) is 40.9 Å². The SMILES string of the molecule is NC(=O)c1cc(-c2cc3sc(N4CCN(c5ccncc5)CC4)nc3nc2[C@H](Cc2cc(F)cc(F)c2)NC(=O)Cn2nc(C(F)(F)F)c3c2C(F)(F)C2C[C@H]32)ccc1F. The molecule has 1 saturated carbocycles. The fourth-order valence-electron chi connectivity index (χ4n) is 8.24. The van der Waals surface area contributed by atoms with Gasteiger partial charge in [0, 0.05) is 67.4 Å². The summed E-state index contributed by atoms with van der Waals surface area (Å²) in [5.41, 5.74) is 3.49. The van der Waals surface area contributed by atoms with Crippen molar-refractivity contribution < 1.29 is 44.7 Å². The average Bonchev–Trinajstić information content (AvgIpc) is 3.65. The minimum Gasteiger partial charge on any atom is -0.368 e. The summed E-state index contributed by atoms with van der Waals surface area (Å²) >= 11 is 1.28. The van der Waals surface area contributed by atoms with E-state index in [2.05, 4.69) is 25.2 Å². The van der Waals surface area contributed by atoms with Crippen molar-refractivity contribution in [2.45, 2.75) is 43.4 Å². The van der Waals surface area contributed by atoms with Crippen LogP contribution in [-0.2, 0) is 29.9 Å². The molecule has 60 heavy (non-hydrogen) atoms. The van der Waals surface area contributed by atoms with Crippen LogP contribution in [0.15, 0.2) is 67.0 Å². The Morgan fingerprint density at radius 2 is 1.63 bits per heavy atom. The first kappa shape index (κ1) is 39.3. The van der Waals surface area contributed by atoms with E-state index in [4.69, 9.17) is 15.7 Å².